The van der Waals surface area contributed by atoms with Crippen LogP contribution < -0.4 is 5.56 Å². The molecule has 0 radical (unpaired) electrons. The number of carbonyl (C=O) groups is 1. The van der Waals surface area contributed by atoms with Gasteiger partial charge in [0.15, 0.2) is 0 Å². The van der Waals surface area contributed by atoms with Crippen LogP contribution in [0.2, 0.25) is 0 Å². The Kier molecular flexibility index (Phi) is 5.80. The van der Waals surface area contributed by atoms with E-state index in [1.807, 2.05) is 24.0 Å². The maximum absolute atomic E-state index is 12.5. The van der Waals surface area contributed by atoms with E-state index in [4.69, 9.17) is 0 Å². The molecule has 3 aromatic rings. The summed E-state index contributed by atoms with van der Waals surface area (Å²) >= 11 is 1.58. The number of hydrogen-bond acceptors (Lipinski definition) is 6. The summed E-state index contributed by atoms with van der Waals surface area (Å²) in [4.78, 5) is 40.6. The smallest absolute Gasteiger partial charge is 0.253 e. The number of pyridine rings is 1. The summed E-state index contributed by atoms with van der Waals surface area (Å²) in [6.07, 6.45) is 9.01. The van der Waals surface area contributed by atoms with Gasteiger partial charge in [-0.15, -0.1) is 11.3 Å². The second-order valence-electron chi connectivity index (χ2n) is 7.35. The first-order valence-corrected chi connectivity index (χ1v) is 10.6. The van der Waals surface area contributed by atoms with Crippen LogP contribution >= 0.6 is 11.3 Å². The van der Waals surface area contributed by atoms with Crippen LogP contribution in [-0.4, -0.2) is 43.4 Å². The number of thiazole rings is 1. The van der Waals surface area contributed by atoms with Crippen molar-refractivity contribution in [2.24, 2.45) is 5.92 Å². The van der Waals surface area contributed by atoms with Crippen molar-refractivity contribution in [2.45, 2.75) is 32.7 Å². The second kappa shape index (κ2) is 8.65. The number of aryl methyl sites for hydroxylation is 1. The minimum absolute atomic E-state index is 0.0501. The monoisotopic (exact) mass is 409 g/mol. The quantitative estimate of drug-likeness (QED) is 0.647. The molecule has 0 spiro atoms. The lowest BCUT2D eigenvalue weighted by molar-refractivity contribution is -0.131. The summed E-state index contributed by atoms with van der Waals surface area (Å²) in [6, 6.07) is 5.25. The number of amides is 1. The first-order valence-electron chi connectivity index (χ1n) is 9.74. The van der Waals surface area contributed by atoms with Crippen molar-refractivity contribution in [3.63, 3.8) is 0 Å². The highest BCUT2D eigenvalue weighted by Gasteiger charge is 2.23. The number of carbonyl (C=O) groups excluding carboxylic acids is 1. The van der Waals surface area contributed by atoms with Crippen molar-refractivity contribution >= 4 is 17.2 Å². The SMILES string of the molecule is Cc1ncc(CC(=O)N2CCC(Cn3cnc(-c4ccncc4)cc3=O)CC2)s1. The largest absolute Gasteiger partial charge is 0.342 e. The van der Waals surface area contributed by atoms with Crippen LogP contribution in [0, 0.1) is 12.8 Å². The fraction of sp³-hybridized carbons (Fsp3) is 0.381. The third-order valence-corrected chi connectivity index (χ3v) is 6.19. The van der Waals surface area contributed by atoms with E-state index in [0.717, 1.165) is 41.4 Å². The van der Waals surface area contributed by atoms with E-state index < -0.39 is 0 Å². The van der Waals surface area contributed by atoms with Crippen molar-refractivity contribution < 1.29 is 4.79 Å². The minimum atomic E-state index is -0.0501. The van der Waals surface area contributed by atoms with Gasteiger partial charge >= 0.3 is 0 Å². The molecule has 29 heavy (non-hydrogen) atoms. The van der Waals surface area contributed by atoms with Gasteiger partial charge in [-0.2, -0.15) is 0 Å². The maximum Gasteiger partial charge on any atom is 0.253 e. The summed E-state index contributed by atoms with van der Waals surface area (Å²) in [6.45, 7) is 4.06. The van der Waals surface area contributed by atoms with Gasteiger partial charge in [0.1, 0.15) is 0 Å². The summed E-state index contributed by atoms with van der Waals surface area (Å²) in [5, 5.41) is 0.987. The Labute approximate surface area is 173 Å². The average Bonchev–Trinajstić information content (AvgIpc) is 3.15. The molecule has 0 aromatic carbocycles. The lowest BCUT2D eigenvalue weighted by Crippen LogP contribution is -2.40. The van der Waals surface area contributed by atoms with Gasteiger partial charge in [-0.3, -0.25) is 19.1 Å². The molecule has 1 fully saturated rings. The summed E-state index contributed by atoms with van der Waals surface area (Å²) < 4.78 is 1.67. The van der Waals surface area contributed by atoms with E-state index in [0.29, 0.717) is 24.6 Å². The number of piperidine rings is 1. The highest BCUT2D eigenvalue weighted by molar-refractivity contribution is 7.11. The number of likely N-dealkylation sites (tertiary alicyclic amines) is 1. The standard InChI is InChI=1S/C21H23N5O2S/c1-15-23-12-18(29-15)10-20(27)25-8-4-16(5-9-25)13-26-14-24-19(11-21(26)28)17-2-6-22-7-3-17/h2-3,6-7,11-12,14,16H,4-5,8-10,13H2,1H3. The number of rotatable bonds is 5. The van der Waals surface area contributed by atoms with Crippen molar-refractivity contribution in [2.75, 3.05) is 13.1 Å². The van der Waals surface area contributed by atoms with Crippen molar-refractivity contribution in [1.82, 2.24) is 24.4 Å². The second-order valence-corrected chi connectivity index (χ2v) is 8.67. The topological polar surface area (TPSA) is 81.0 Å². The Morgan fingerprint density at radius 3 is 2.62 bits per heavy atom. The first-order chi connectivity index (χ1) is 14.1. The van der Waals surface area contributed by atoms with E-state index >= 15 is 0 Å². The van der Waals surface area contributed by atoms with Crippen molar-refractivity contribution in [3.05, 3.63) is 63.4 Å². The van der Waals surface area contributed by atoms with Crippen LogP contribution in [0.3, 0.4) is 0 Å². The van der Waals surface area contributed by atoms with Gasteiger partial charge in [-0.1, -0.05) is 0 Å². The Bertz CT molecular complexity index is 1040. The van der Waals surface area contributed by atoms with E-state index in [2.05, 4.69) is 15.0 Å². The van der Waals surface area contributed by atoms with E-state index in [9.17, 15) is 9.59 Å². The van der Waals surface area contributed by atoms with Crippen LogP contribution in [-0.2, 0) is 17.8 Å². The van der Waals surface area contributed by atoms with Gasteiger partial charge in [0.2, 0.25) is 5.91 Å². The zero-order valence-electron chi connectivity index (χ0n) is 16.3. The zero-order chi connectivity index (χ0) is 20.2. The van der Waals surface area contributed by atoms with E-state index in [1.165, 1.54) is 0 Å². The fourth-order valence-corrected chi connectivity index (χ4v) is 4.42. The average molecular weight is 410 g/mol. The molecule has 1 amide bonds. The third kappa shape index (κ3) is 4.76. The first kappa shape index (κ1) is 19.4. The van der Waals surface area contributed by atoms with Gasteiger partial charge < -0.3 is 4.90 Å². The molecule has 8 heteroatoms. The van der Waals surface area contributed by atoms with Gasteiger partial charge in [-0.05, 0) is 37.8 Å². The third-order valence-electron chi connectivity index (χ3n) is 5.27. The lowest BCUT2D eigenvalue weighted by Gasteiger charge is -2.32. The molecule has 0 atom stereocenters. The highest BCUT2D eigenvalue weighted by Crippen LogP contribution is 2.21. The molecule has 3 aromatic heterocycles. The highest BCUT2D eigenvalue weighted by atomic mass is 32.1. The zero-order valence-corrected chi connectivity index (χ0v) is 17.1. The Balaban J connectivity index is 1.32. The number of nitrogens with zero attached hydrogens (tertiary/aromatic N) is 5. The van der Waals surface area contributed by atoms with Crippen molar-refractivity contribution in [1.29, 1.82) is 0 Å². The van der Waals surface area contributed by atoms with Crippen LogP contribution in [0.4, 0.5) is 0 Å². The normalized spacial score (nSPS) is 14.9. The van der Waals surface area contributed by atoms with E-state index in [-0.39, 0.29) is 11.5 Å². The Hall–Kier alpha value is -2.87. The van der Waals surface area contributed by atoms with Gasteiger partial charge in [0.25, 0.3) is 5.56 Å². The Morgan fingerprint density at radius 1 is 1.21 bits per heavy atom. The molecule has 1 saturated heterocycles. The maximum atomic E-state index is 12.5. The Morgan fingerprint density at radius 2 is 1.97 bits per heavy atom. The molecule has 0 saturated carbocycles. The molecule has 1 aliphatic heterocycles. The van der Waals surface area contributed by atoms with Gasteiger partial charge in [0, 0.05) is 54.7 Å². The van der Waals surface area contributed by atoms with Crippen molar-refractivity contribution in [3.8, 4) is 11.3 Å². The molecule has 150 valence electrons. The molecule has 0 bridgehead atoms. The summed E-state index contributed by atoms with van der Waals surface area (Å²) in [5.74, 6) is 0.531. The minimum Gasteiger partial charge on any atom is -0.342 e. The molecule has 7 nitrogen and oxygen atoms in total. The molecule has 0 N–H and O–H groups in total. The molecule has 1 aliphatic rings. The molecule has 0 unspecified atom stereocenters. The molecule has 4 rings (SSSR count). The number of hydrogen-bond donors (Lipinski definition) is 0. The van der Waals surface area contributed by atoms with Crippen LogP contribution in [0.5, 0.6) is 0 Å². The van der Waals surface area contributed by atoms with Crippen LogP contribution in [0.15, 0.2) is 47.9 Å². The van der Waals surface area contributed by atoms with Gasteiger partial charge in [0.05, 0.1) is 23.4 Å². The molecule has 0 aliphatic carbocycles. The predicted octanol–water partition coefficient (Wildman–Crippen LogP) is 2.55. The molecular formula is C21H23N5O2S. The molecular weight excluding hydrogens is 386 g/mol. The predicted molar refractivity (Wildman–Crippen MR) is 112 cm³/mol. The van der Waals surface area contributed by atoms with Crippen LogP contribution in [0.25, 0.3) is 11.3 Å². The van der Waals surface area contributed by atoms with Gasteiger partial charge in [-0.25, -0.2) is 9.97 Å². The lowest BCUT2D eigenvalue weighted by atomic mass is 9.96. The number of aromatic nitrogens is 4. The fourth-order valence-electron chi connectivity index (χ4n) is 3.63. The summed E-state index contributed by atoms with van der Waals surface area (Å²) in [5.41, 5.74) is 1.49. The molecule has 4 heterocycles. The van der Waals surface area contributed by atoms with E-state index in [1.54, 1.807) is 46.9 Å². The summed E-state index contributed by atoms with van der Waals surface area (Å²) in [7, 11) is 0. The van der Waals surface area contributed by atoms with Crippen LogP contribution in [0.1, 0.15) is 22.7 Å².